The minimum absolute atomic E-state index is 0.120. The number of aromatic nitrogens is 1. The number of amides is 1. The number of nitrogens with one attached hydrogen (secondary N) is 1. The van der Waals surface area contributed by atoms with Gasteiger partial charge in [-0.2, -0.15) is 0 Å². The summed E-state index contributed by atoms with van der Waals surface area (Å²) in [5.74, 6) is -0.902. The van der Waals surface area contributed by atoms with E-state index >= 15 is 0 Å². The SMILES string of the molecule is Cc1c(Cl)cnc(NC(=O)COC(=O)COc2ccc3c4c(c(=O)oc3c2)CCC4)c1Cl. The largest absolute Gasteiger partial charge is 0.482 e. The van der Waals surface area contributed by atoms with Crippen LogP contribution in [0.4, 0.5) is 5.82 Å². The lowest BCUT2D eigenvalue weighted by atomic mass is 10.1. The normalized spacial score (nSPS) is 12.5. The lowest BCUT2D eigenvalue weighted by molar-refractivity contribution is -0.149. The molecule has 2 heterocycles. The van der Waals surface area contributed by atoms with Crippen molar-refractivity contribution in [1.82, 2.24) is 4.98 Å². The van der Waals surface area contributed by atoms with E-state index in [0.29, 0.717) is 21.9 Å². The highest BCUT2D eigenvalue weighted by Gasteiger charge is 2.20. The quantitative estimate of drug-likeness (QED) is 0.425. The van der Waals surface area contributed by atoms with Crippen molar-refractivity contribution in [3.8, 4) is 5.75 Å². The van der Waals surface area contributed by atoms with Crippen molar-refractivity contribution < 1.29 is 23.5 Å². The number of ether oxygens (including phenoxy) is 2. The van der Waals surface area contributed by atoms with E-state index < -0.39 is 25.1 Å². The molecule has 1 N–H and O–H groups in total. The van der Waals surface area contributed by atoms with Gasteiger partial charge in [-0.3, -0.25) is 4.79 Å². The summed E-state index contributed by atoms with van der Waals surface area (Å²) in [6.07, 6.45) is 3.85. The fourth-order valence-corrected chi connectivity index (χ4v) is 3.89. The van der Waals surface area contributed by atoms with Gasteiger partial charge in [-0.1, -0.05) is 23.2 Å². The molecule has 0 bridgehead atoms. The third-order valence-corrected chi connectivity index (χ3v) is 5.97. The van der Waals surface area contributed by atoms with Crippen LogP contribution in [0, 0.1) is 6.92 Å². The third-order valence-electron chi connectivity index (χ3n) is 5.13. The van der Waals surface area contributed by atoms with E-state index in [1.54, 1.807) is 25.1 Å². The number of fused-ring (bicyclic) bond motifs is 3. The fraction of sp³-hybridized carbons (Fsp3) is 0.273. The molecule has 0 unspecified atom stereocenters. The van der Waals surface area contributed by atoms with Crippen molar-refractivity contribution in [3.63, 3.8) is 0 Å². The Hall–Kier alpha value is -3.10. The minimum Gasteiger partial charge on any atom is -0.482 e. The van der Waals surface area contributed by atoms with Gasteiger partial charge in [0.05, 0.1) is 10.0 Å². The number of esters is 1. The van der Waals surface area contributed by atoms with Crippen LogP contribution in [0.25, 0.3) is 11.0 Å². The average Bonchev–Trinajstić information content (AvgIpc) is 3.27. The minimum atomic E-state index is -0.748. The number of aryl methyl sites for hydroxylation is 1. The maximum absolute atomic E-state index is 12.1. The van der Waals surface area contributed by atoms with Gasteiger partial charge >= 0.3 is 11.6 Å². The highest BCUT2D eigenvalue weighted by atomic mass is 35.5. The van der Waals surface area contributed by atoms with E-state index in [-0.39, 0.29) is 16.5 Å². The highest BCUT2D eigenvalue weighted by Crippen LogP contribution is 2.30. The molecule has 1 aliphatic rings. The van der Waals surface area contributed by atoms with E-state index in [9.17, 15) is 14.4 Å². The zero-order valence-corrected chi connectivity index (χ0v) is 18.5. The van der Waals surface area contributed by atoms with Crippen molar-refractivity contribution >= 4 is 51.9 Å². The van der Waals surface area contributed by atoms with Gasteiger partial charge in [0.25, 0.3) is 5.91 Å². The van der Waals surface area contributed by atoms with Crippen molar-refractivity contribution in [2.24, 2.45) is 0 Å². The summed E-state index contributed by atoms with van der Waals surface area (Å²) in [6.45, 7) is 0.721. The van der Waals surface area contributed by atoms with Crippen LogP contribution < -0.4 is 15.7 Å². The summed E-state index contributed by atoms with van der Waals surface area (Å²) in [5.41, 5.74) is 2.39. The van der Waals surface area contributed by atoms with Crippen molar-refractivity contribution in [2.75, 3.05) is 18.5 Å². The monoisotopic (exact) mass is 476 g/mol. The van der Waals surface area contributed by atoms with Gasteiger partial charge < -0.3 is 19.2 Å². The van der Waals surface area contributed by atoms with Gasteiger partial charge in [-0.15, -0.1) is 0 Å². The molecule has 0 aliphatic heterocycles. The van der Waals surface area contributed by atoms with Crippen molar-refractivity contribution in [1.29, 1.82) is 0 Å². The standard InChI is InChI=1S/C22H18Cl2N2O6/c1-11-16(23)8-25-21(20(11)24)26-18(27)9-31-19(28)10-30-12-5-6-14-13-3-2-4-15(13)22(29)32-17(14)7-12/h5-8H,2-4,9-10H2,1H3,(H,25,26,27). The summed E-state index contributed by atoms with van der Waals surface area (Å²) in [5, 5.41) is 3.89. The predicted molar refractivity (Wildman–Crippen MR) is 119 cm³/mol. The maximum atomic E-state index is 12.1. The molecule has 2 aromatic heterocycles. The smallest absolute Gasteiger partial charge is 0.344 e. The number of hydrogen-bond donors (Lipinski definition) is 1. The lowest BCUT2D eigenvalue weighted by Crippen LogP contribution is -2.24. The summed E-state index contributed by atoms with van der Waals surface area (Å²) in [7, 11) is 0. The first kappa shape index (κ1) is 22.1. The number of nitrogens with zero attached hydrogens (tertiary/aromatic N) is 1. The Labute approximate surface area is 192 Å². The molecule has 1 amide bonds. The van der Waals surface area contributed by atoms with Crippen LogP contribution in [0.2, 0.25) is 10.0 Å². The molecule has 166 valence electrons. The van der Waals surface area contributed by atoms with Gasteiger partial charge in [0.2, 0.25) is 0 Å². The van der Waals surface area contributed by atoms with E-state index in [4.69, 9.17) is 37.1 Å². The van der Waals surface area contributed by atoms with Crippen molar-refractivity contribution in [3.05, 3.63) is 61.6 Å². The Balaban J connectivity index is 1.32. The summed E-state index contributed by atoms with van der Waals surface area (Å²) < 4.78 is 15.7. The molecule has 10 heteroatoms. The van der Waals surface area contributed by atoms with E-state index in [1.165, 1.54) is 6.20 Å². The Kier molecular flexibility index (Phi) is 6.34. The van der Waals surface area contributed by atoms with Crippen LogP contribution in [-0.2, 0) is 27.2 Å². The molecule has 0 saturated heterocycles. The lowest BCUT2D eigenvalue weighted by Gasteiger charge is -2.10. The molecule has 0 atom stereocenters. The number of benzene rings is 1. The van der Waals surface area contributed by atoms with Crippen LogP contribution in [0.1, 0.15) is 23.1 Å². The summed E-state index contributed by atoms with van der Waals surface area (Å²) >= 11 is 12.0. The van der Waals surface area contributed by atoms with Gasteiger partial charge in [-0.25, -0.2) is 14.6 Å². The molecule has 0 saturated carbocycles. The topological polar surface area (TPSA) is 108 Å². The first-order valence-electron chi connectivity index (χ1n) is 9.81. The number of carbonyl (C=O) groups is 2. The third kappa shape index (κ3) is 4.56. The molecule has 4 rings (SSSR count). The van der Waals surface area contributed by atoms with Crippen molar-refractivity contribution in [2.45, 2.75) is 26.2 Å². The molecule has 32 heavy (non-hydrogen) atoms. The first-order valence-corrected chi connectivity index (χ1v) is 10.6. The number of pyridine rings is 1. The average molecular weight is 477 g/mol. The number of carbonyl (C=O) groups excluding carboxylic acids is 2. The predicted octanol–water partition coefficient (Wildman–Crippen LogP) is 3.85. The number of anilines is 1. The summed E-state index contributed by atoms with van der Waals surface area (Å²) in [6, 6.07) is 5.06. The Bertz CT molecular complexity index is 1290. The first-order chi connectivity index (χ1) is 15.3. The Morgan fingerprint density at radius 1 is 1.19 bits per heavy atom. The van der Waals surface area contributed by atoms with E-state index in [2.05, 4.69) is 10.3 Å². The Morgan fingerprint density at radius 2 is 1.97 bits per heavy atom. The fourth-order valence-electron chi connectivity index (χ4n) is 3.50. The zero-order chi connectivity index (χ0) is 22.8. The second-order valence-electron chi connectivity index (χ2n) is 7.25. The van der Waals surface area contributed by atoms with E-state index in [1.807, 2.05) is 0 Å². The van der Waals surface area contributed by atoms with Crippen LogP contribution in [0.5, 0.6) is 5.75 Å². The second-order valence-corrected chi connectivity index (χ2v) is 8.03. The summed E-state index contributed by atoms with van der Waals surface area (Å²) in [4.78, 5) is 40.0. The molecule has 8 nitrogen and oxygen atoms in total. The molecule has 0 spiro atoms. The number of hydrogen-bond acceptors (Lipinski definition) is 7. The molecule has 1 aliphatic carbocycles. The molecule has 1 aromatic carbocycles. The van der Waals surface area contributed by atoms with Gasteiger partial charge in [-0.05, 0) is 49.4 Å². The molecule has 0 radical (unpaired) electrons. The van der Waals surface area contributed by atoms with Gasteiger partial charge in [0.15, 0.2) is 19.0 Å². The highest BCUT2D eigenvalue weighted by molar-refractivity contribution is 6.37. The zero-order valence-electron chi connectivity index (χ0n) is 17.0. The molecular formula is C22H18Cl2N2O6. The van der Waals surface area contributed by atoms with Crippen LogP contribution in [0.15, 0.2) is 33.6 Å². The molecule has 0 fully saturated rings. The van der Waals surface area contributed by atoms with E-state index in [0.717, 1.165) is 35.8 Å². The van der Waals surface area contributed by atoms with Gasteiger partial charge in [0, 0.05) is 23.2 Å². The van der Waals surface area contributed by atoms with Crippen LogP contribution >= 0.6 is 23.2 Å². The Morgan fingerprint density at radius 3 is 2.78 bits per heavy atom. The molecular weight excluding hydrogens is 459 g/mol. The van der Waals surface area contributed by atoms with Crippen LogP contribution in [-0.4, -0.2) is 30.1 Å². The maximum Gasteiger partial charge on any atom is 0.344 e. The van der Waals surface area contributed by atoms with Crippen LogP contribution in [0.3, 0.4) is 0 Å². The number of rotatable bonds is 6. The number of halogens is 2. The molecule has 3 aromatic rings. The van der Waals surface area contributed by atoms with Gasteiger partial charge in [0.1, 0.15) is 11.3 Å². The second kappa shape index (κ2) is 9.18.